The minimum Gasteiger partial charge on any atom is -0.399 e. The van der Waals surface area contributed by atoms with Crippen LogP contribution in [0.2, 0.25) is 0 Å². The molecular weight excluding hydrogens is 224 g/mol. The van der Waals surface area contributed by atoms with Gasteiger partial charge in [-0.2, -0.15) is 0 Å². The molecule has 3 nitrogen and oxygen atoms in total. The second kappa shape index (κ2) is 7.75. The molecule has 3 heteroatoms. The molecule has 0 saturated carbocycles. The first-order chi connectivity index (χ1) is 8.63. The molecule has 0 aliphatic carbocycles. The van der Waals surface area contributed by atoms with Crippen LogP contribution < -0.4 is 11.1 Å². The monoisotopic (exact) mass is 248 g/mol. The fourth-order valence-corrected chi connectivity index (χ4v) is 1.89. The number of carbonyl (C=O) groups is 1. The lowest BCUT2D eigenvalue weighted by molar-refractivity contribution is -0.121. The lowest BCUT2D eigenvalue weighted by Gasteiger charge is -2.14. The van der Waals surface area contributed by atoms with Crippen molar-refractivity contribution in [3.05, 3.63) is 29.8 Å². The number of anilines is 1. The third-order valence-electron chi connectivity index (χ3n) is 3.07. The van der Waals surface area contributed by atoms with Gasteiger partial charge in [0.25, 0.3) is 0 Å². The first kappa shape index (κ1) is 14.6. The molecule has 0 bridgehead atoms. The Labute approximate surface area is 110 Å². The third-order valence-corrected chi connectivity index (χ3v) is 3.07. The summed E-state index contributed by atoms with van der Waals surface area (Å²) in [6.07, 6.45) is 5.15. The van der Waals surface area contributed by atoms with Gasteiger partial charge in [0, 0.05) is 12.1 Å². The standard InChI is InChI=1S/C15H24N2O/c1-3-4-5-6-7-15(18)17-12(2)13-8-10-14(16)11-9-13/h8-12H,3-7,16H2,1-2H3,(H,17,18). The molecule has 1 atom stereocenters. The Morgan fingerprint density at radius 2 is 1.89 bits per heavy atom. The fourth-order valence-electron chi connectivity index (χ4n) is 1.89. The van der Waals surface area contributed by atoms with E-state index in [9.17, 15) is 4.79 Å². The van der Waals surface area contributed by atoms with Crippen LogP contribution in [0.3, 0.4) is 0 Å². The largest absolute Gasteiger partial charge is 0.399 e. The van der Waals surface area contributed by atoms with Crippen LogP contribution >= 0.6 is 0 Å². The number of nitrogens with one attached hydrogen (secondary N) is 1. The molecule has 1 amide bonds. The van der Waals surface area contributed by atoms with Crippen LogP contribution in [-0.2, 0) is 4.79 Å². The minimum absolute atomic E-state index is 0.0456. The second-order valence-electron chi connectivity index (χ2n) is 4.77. The zero-order valence-corrected chi connectivity index (χ0v) is 11.4. The van der Waals surface area contributed by atoms with Gasteiger partial charge in [-0.3, -0.25) is 4.79 Å². The lowest BCUT2D eigenvalue weighted by Crippen LogP contribution is -2.26. The number of carbonyl (C=O) groups excluding carboxylic acids is 1. The highest BCUT2D eigenvalue weighted by atomic mass is 16.1. The van der Waals surface area contributed by atoms with Crippen molar-refractivity contribution in [2.75, 3.05) is 5.73 Å². The van der Waals surface area contributed by atoms with Crippen molar-refractivity contribution in [3.8, 4) is 0 Å². The van der Waals surface area contributed by atoms with Gasteiger partial charge in [-0.25, -0.2) is 0 Å². The predicted molar refractivity (Wildman–Crippen MR) is 76.2 cm³/mol. The van der Waals surface area contributed by atoms with Crippen LogP contribution in [0.25, 0.3) is 0 Å². The van der Waals surface area contributed by atoms with Crippen LogP contribution in [0.5, 0.6) is 0 Å². The van der Waals surface area contributed by atoms with E-state index in [1.165, 1.54) is 12.8 Å². The summed E-state index contributed by atoms with van der Waals surface area (Å²) < 4.78 is 0. The molecule has 0 aliphatic heterocycles. The number of rotatable bonds is 7. The molecule has 0 radical (unpaired) electrons. The van der Waals surface area contributed by atoms with Gasteiger partial charge >= 0.3 is 0 Å². The molecule has 0 fully saturated rings. The Morgan fingerprint density at radius 3 is 2.50 bits per heavy atom. The summed E-state index contributed by atoms with van der Waals surface area (Å²) in [5, 5.41) is 3.01. The number of amides is 1. The van der Waals surface area contributed by atoms with Crippen molar-refractivity contribution in [2.45, 2.75) is 52.0 Å². The van der Waals surface area contributed by atoms with E-state index in [-0.39, 0.29) is 11.9 Å². The quantitative estimate of drug-likeness (QED) is 0.574. The second-order valence-corrected chi connectivity index (χ2v) is 4.77. The smallest absolute Gasteiger partial charge is 0.220 e. The maximum absolute atomic E-state index is 11.7. The highest BCUT2D eigenvalue weighted by Gasteiger charge is 2.08. The number of benzene rings is 1. The van der Waals surface area contributed by atoms with Crippen molar-refractivity contribution >= 4 is 11.6 Å². The zero-order chi connectivity index (χ0) is 13.4. The van der Waals surface area contributed by atoms with Gasteiger partial charge < -0.3 is 11.1 Å². The molecule has 1 unspecified atom stereocenters. The van der Waals surface area contributed by atoms with Gasteiger partial charge in [-0.1, -0.05) is 38.3 Å². The zero-order valence-electron chi connectivity index (χ0n) is 11.4. The Hall–Kier alpha value is -1.51. The maximum atomic E-state index is 11.7. The third kappa shape index (κ3) is 5.21. The SMILES string of the molecule is CCCCCCC(=O)NC(C)c1ccc(N)cc1. The van der Waals surface area contributed by atoms with Crippen molar-refractivity contribution in [2.24, 2.45) is 0 Å². The number of nitrogens with two attached hydrogens (primary N) is 1. The Bertz CT molecular complexity index is 359. The highest BCUT2D eigenvalue weighted by Crippen LogP contribution is 2.14. The summed E-state index contributed by atoms with van der Waals surface area (Å²) in [7, 11) is 0. The number of nitrogen functional groups attached to an aromatic ring is 1. The topological polar surface area (TPSA) is 55.1 Å². The summed E-state index contributed by atoms with van der Waals surface area (Å²) in [5.74, 6) is 0.135. The van der Waals surface area contributed by atoms with Crippen LogP contribution in [0.4, 0.5) is 5.69 Å². The summed E-state index contributed by atoms with van der Waals surface area (Å²) in [5.41, 5.74) is 7.47. The number of hydrogen-bond donors (Lipinski definition) is 2. The van der Waals surface area contributed by atoms with Gasteiger partial charge in [0.2, 0.25) is 5.91 Å². The molecule has 1 aromatic rings. The van der Waals surface area contributed by atoms with E-state index in [2.05, 4.69) is 12.2 Å². The van der Waals surface area contributed by atoms with E-state index in [4.69, 9.17) is 5.73 Å². The fraction of sp³-hybridized carbons (Fsp3) is 0.533. The lowest BCUT2D eigenvalue weighted by atomic mass is 10.1. The highest BCUT2D eigenvalue weighted by molar-refractivity contribution is 5.76. The Balaban J connectivity index is 2.33. The number of hydrogen-bond acceptors (Lipinski definition) is 2. The Morgan fingerprint density at radius 1 is 1.22 bits per heavy atom. The molecule has 0 aliphatic rings. The normalized spacial score (nSPS) is 12.1. The van der Waals surface area contributed by atoms with E-state index in [0.717, 1.165) is 24.1 Å². The van der Waals surface area contributed by atoms with E-state index < -0.39 is 0 Å². The molecule has 18 heavy (non-hydrogen) atoms. The average molecular weight is 248 g/mol. The van der Waals surface area contributed by atoms with Crippen LogP contribution in [0.1, 0.15) is 57.6 Å². The summed E-state index contributed by atoms with van der Waals surface area (Å²) in [4.78, 5) is 11.7. The van der Waals surface area contributed by atoms with Crippen molar-refractivity contribution in [1.29, 1.82) is 0 Å². The first-order valence-corrected chi connectivity index (χ1v) is 6.78. The molecule has 1 rings (SSSR count). The van der Waals surface area contributed by atoms with Gasteiger partial charge in [0.1, 0.15) is 0 Å². The molecular formula is C15H24N2O. The van der Waals surface area contributed by atoms with E-state index >= 15 is 0 Å². The van der Waals surface area contributed by atoms with Crippen LogP contribution in [-0.4, -0.2) is 5.91 Å². The van der Waals surface area contributed by atoms with Crippen molar-refractivity contribution < 1.29 is 4.79 Å². The summed E-state index contributed by atoms with van der Waals surface area (Å²) in [6.45, 7) is 4.17. The molecule has 1 aromatic carbocycles. The molecule has 0 aromatic heterocycles. The molecule has 100 valence electrons. The van der Waals surface area contributed by atoms with Gasteiger partial charge in [-0.15, -0.1) is 0 Å². The van der Waals surface area contributed by atoms with Crippen LogP contribution in [0.15, 0.2) is 24.3 Å². The summed E-state index contributed by atoms with van der Waals surface area (Å²) >= 11 is 0. The Kier molecular flexibility index (Phi) is 6.26. The molecule has 0 saturated heterocycles. The first-order valence-electron chi connectivity index (χ1n) is 6.78. The molecule has 0 heterocycles. The van der Waals surface area contributed by atoms with Gasteiger partial charge in [0.15, 0.2) is 0 Å². The molecule has 0 spiro atoms. The number of unbranched alkanes of at least 4 members (excludes halogenated alkanes) is 3. The van der Waals surface area contributed by atoms with Gasteiger partial charge in [-0.05, 0) is 31.0 Å². The van der Waals surface area contributed by atoms with E-state index in [1.54, 1.807) is 0 Å². The minimum atomic E-state index is 0.0456. The van der Waals surface area contributed by atoms with E-state index in [1.807, 2.05) is 31.2 Å². The van der Waals surface area contributed by atoms with Gasteiger partial charge in [0.05, 0.1) is 6.04 Å². The summed E-state index contributed by atoms with van der Waals surface area (Å²) in [6, 6.07) is 7.68. The maximum Gasteiger partial charge on any atom is 0.220 e. The van der Waals surface area contributed by atoms with Crippen LogP contribution in [0, 0.1) is 0 Å². The average Bonchev–Trinajstić information content (AvgIpc) is 2.35. The predicted octanol–water partition coefficient (Wildman–Crippen LogP) is 3.42. The van der Waals surface area contributed by atoms with Crippen molar-refractivity contribution in [3.63, 3.8) is 0 Å². The van der Waals surface area contributed by atoms with E-state index in [0.29, 0.717) is 6.42 Å². The molecule has 3 N–H and O–H groups in total. The van der Waals surface area contributed by atoms with Crippen molar-refractivity contribution in [1.82, 2.24) is 5.32 Å².